The molecule has 1 aromatic carbocycles. The summed E-state index contributed by atoms with van der Waals surface area (Å²) < 4.78 is 72.0. The smallest absolute Gasteiger partial charge is 0.271 e. The van der Waals surface area contributed by atoms with Crippen molar-refractivity contribution in [1.29, 1.82) is 5.26 Å². The van der Waals surface area contributed by atoms with Crippen LogP contribution in [-0.2, 0) is 9.59 Å². The normalized spacial score (nSPS) is 27.1. The van der Waals surface area contributed by atoms with Crippen molar-refractivity contribution in [3.8, 4) is 6.07 Å². The van der Waals surface area contributed by atoms with Crippen molar-refractivity contribution in [3.63, 3.8) is 0 Å². The number of nitrogens with one attached hydrogen (secondary N) is 3. The first kappa shape index (κ1) is 25.9. The summed E-state index contributed by atoms with van der Waals surface area (Å²) in [5, 5.41) is 14.3. The highest BCUT2D eigenvalue weighted by Gasteiger charge is 2.60. The molecular weight excluding hydrogens is 513 g/mol. The van der Waals surface area contributed by atoms with Gasteiger partial charge in [0.2, 0.25) is 11.8 Å². The predicted molar refractivity (Wildman–Crippen MR) is 122 cm³/mol. The summed E-state index contributed by atoms with van der Waals surface area (Å²) in [5.41, 5.74) is -0.998. The van der Waals surface area contributed by atoms with Gasteiger partial charge in [0, 0.05) is 36.4 Å². The van der Waals surface area contributed by atoms with E-state index < -0.39 is 88.2 Å². The van der Waals surface area contributed by atoms with Crippen LogP contribution in [0.15, 0.2) is 12.1 Å². The van der Waals surface area contributed by atoms with Gasteiger partial charge in [0.05, 0.1) is 17.5 Å². The van der Waals surface area contributed by atoms with Crippen LogP contribution in [0.2, 0.25) is 0 Å². The maximum atomic E-state index is 14.9. The molecule has 1 aromatic heterocycles. The molecule has 1 aliphatic carbocycles. The molecule has 2 aromatic rings. The van der Waals surface area contributed by atoms with E-state index in [0.29, 0.717) is 25.5 Å². The number of nitrogens with zero attached hydrogens (tertiary/aromatic N) is 2. The van der Waals surface area contributed by atoms with Crippen LogP contribution < -0.4 is 10.6 Å². The molecule has 5 atom stereocenters. The van der Waals surface area contributed by atoms with Gasteiger partial charge in [-0.2, -0.15) is 5.26 Å². The van der Waals surface area contributed by atoms with Crippen LogP contribution in [0.1, 0.15) is 49.0 Å². The van der Waals surface area contributed by atoms with Gasteiger partial charge in [-0.3, -0.25) is 14.4 Å². The van der Waals surface area contributed by atoms with E-state index in [0.717, 1.165) is 11.0 Å². The average molecular weight is 537 g/mol. The molecule has 4 fully saturated rings. The number of hydrogen-bond acceptors (Lipinski definition) is 4. The average Bonchev–Trinajstić information content (AvgIpc) is 3.33. The Morgan fingerprint density at radius 3 is 2.63 bits per heavy atom. The Kier molecular flexibility index (Phi) is 6.53. The predicted octanol–water partition coefficient (Wildman–Crippen LogP) is 3.14. The lowest BCUT2D eigenvalue weighted by molar-refractivity contribution is -0.179. The summed E-state index contributed by atoms with van der Waals surface area (Å²) in [6.45, 7) is 0.504. The fourth-order valence-corrected chi connectivity index (χ4v) is 5.99. The van der Waals surface area contributed by atoms with E-state index >= 15 is 0 Å². The fourth-order valence-electron chi connectivity index (χ4n) is 5.99. The van der Waals surface area contributed by atoms with Gasteiger partial charge < -0.3 is 20.5 Å². The fraction of sp³-hybridized carbons (Fsp3) is 0.520. The van der Waals surface area contributed by atoms with Crippen LogP contribution in [0.5, 0.6) is 0 Å². The van der Waals surface area contributed by atoms with Crippen molar-refractivity contribution in [2.45, 2.75) is 62.6 Å². The van der Waals surface area contributed by atoms with E-state index in [1.54, 1.807) is 0 Å². The largest absolute Gasteiger partial charge is 0.356 e. The Morgan fingerprint density at radius 2 is 1.95 bits per heavy atom. The molecule has 3 saturated heterocycles. The standard InChI is InChI=1S/C25H24F5N5O3/c26-16-8-17(27)19(28)20-14(16)7-18(34-20)24(38)35-13-3-4-15(25(29,30)9-13)21(35)23(37)33-12(10-31)6-11-2-1-5-32-22(11)36/h7-8,11-13,15,21,34H,1-6,9H2,(H,32,36)(H,33,37)/t11-,12-,13+,15+,21-/m0/s1. The van der Waals surface area contributed by atoms with Crippen LogP contribution >= 0.6 is 0 Å². The number of aromatic amines is 1. The highest BCUT2D eigenvalue weighted by Crippen LogP contribution is 2.49. The monoisotopic (exact) mass is 537 g/mol. The number of benzene rings is 1. The molecule has 13 heteroatoms. The molecule has 1 saturated carbocycles. The summed E-state index contributed by atoms with van der Waals surface area (Å²) in [6, 6.07) is -0.723. The van der Waals surface area contributed by atoms with Crippen LogP contribution in [0, 0.1) is 40.6 Å². The number of alkyl halides is 2. The number of carbonyl (C=O) groups is 3. The molecule has 4 aliphatic rings. The number of carbonyl (C=O) groups excluding carboxylic acids is 3. The molecule has 6 rings (SSSR count). The number of hydrogen-bond donors (Lipinski definition) is 3. The van der Waals surface area contributed by atoms with Gasteiger partial charge in [-0.25, -0.2) is 22.0 Å². The zero-order chi connectivity index (χ0) is 27.4. The van der Waals surface area contributed by atoms with Gasteiger partial charge in [-0.05, 0) is 38.2 Å². The number of H-pyrrole nitrogens is 1. The molecule has 2 bridgehead atoms. The highest BCUT2D eigenvalue weighted by molar-refractivity contribution is 6.01. The summed E-state index contributed by atoms with van der Waals surface area (Å²) in [6.07, 6.45) is 0.601. The van der Waals surface area contributed by atoms with Crippen molar-refractivity contribution in [2.75, 3.05) is 6.54 Å². The van der Waals surface area contributed by atoms with Crippen LogP contribution in [0.25, 0.3) is 10.9 Å². The van der Waals surface area contributed by atoms with E-state index in [4.69, 9.17) is 0 Å². The molecule has 4 heterocycles. The minimum absolute atomic E-state index is 0.0225. The second-order valence-electron chi connectivity index (χ2n) is 10.1. The zero-order valence-corrected chi connectivity index (χ0v) is 20.0. The number of piperidine rings is 3. The number of fused-ring (bicyclic) bond motifs is 4. The number of aromatic nitrogens is 1. The van der Waals surface area contributed by atoms with Crippen molar-refractivity contribution in [2.24, 2.45) is 11.8 Å². The first-order valence-electron chi connectivity index (χ1n) is 12.4. The van der Waals surface area contributed by atoms with Crippen molar-refractivity contribution in [1.82, 2.24) is 20.5 Å². The highest BCUT2D eigenvalue weighted by atomic mass is 19.3. The first-order chi connectivity index (χ1) is 18.0. The summed E-state index contributed by atoms with van der Waals surface area (Å²) >= 11 is 0. The summed E-state index contributed by atoms with van der Waals surface area (Å²) in [4.78, 5) is 42.3. The third-order valence-corrected chi connectivity index (χ3v) is 7.82. The van der Waals surface area contributed by atoms with Gasteiger partial charge in [0.1, 0.15) is 23.6 Å². The molecule has 38 heavy (non-hydrogen) atoms. The Hall–Kier alpha value is -3.69. The topological polar surface area (TPSA) is 118 Å². The zero-order valence-electron chi connectivity index (χ0n) is 20.0. The minimum atomic E-state index is -3.27. The van der Waals surface area contributed by atoms with E-state index in [1.165, 1.54) is 0 Å². The van der Waals surface area contributed by atoms with Crippen LogP contribution in [-0.4, -0.2) is 58.2 Å². The third kappa shape index (κ3) is 4.35. The number of nitriles is 1. The van der Waals surface area contributed by atoms with E-state index in [2.05, 4.69) is 15.6 Å². The van der Waals surface area contributed by atoms with Crippen molar-refractivity contribution in [3.05, 3.63) is 35.3 Å². The van der Waals surface area contributed by atoms with Gasteiger partial charge in [0.25, 0.3) is 11.8 Å². The minimum Gasteiger partial charge on any atom is -0.356 e. The number of rotatable bonds is 5. The van der Waals surface area contributed by atoms with E-state index in [1.807, 2.05) is 6.07 Å². The summed E-state index contributed by atoms with van der Waals surface area (Å²) in [5.74, 6) is -11.6. The van der Waals surface area contributed by atoms with Gasteiger partial charge in [-0.15, -0.1) is 0 Å². The molecule has 202 valence electrons. The molecular formula is C25H24F5N5O3. The molecule has 3 amide bonds. The summed E-state index contributed by atoms with van der Waals surface area (Å²) in [7, 11) is 0. The Bertz CT molecular complexity index is 1360. The van der Waals surface area contributed by atoms with Crippen molar-refractivity contribution < 1.29 is 36.3 Å². The second kappa shape index (κ2) is 9.56. The lowest BCUT2D eigenvalue weighted by atomic mass is 9.71. The second-order valence-corrected chi connectivity index (χ2v) is 10.1. The van der Waals surface area contributed by atoms with Gasteiger partial charge in [0.15, 0.2) is 11.6 Å². The molecule has 0 spiro atoms. The maximum Gasteiger partial charge on any atom is 0.271 e. The lowest BCUT2D eigenvalue weighted by Gasteiger charge is -2.53. The van der Waals surface area contributed by atoms with Crippen LogP contribution in [0.4, 0.5) is 22.0 Å². The molecule has 0 radical (unpaired) electrons. The molecule has 0 unspecified atom stereocenters. The Labute approximate surface area is 213 Å². The first-order valence-corrected chi connectivity index (χ1v) is 12.4. The lowest BCUT2D eigenvalue weighted by Crippen LogP contribution is -2.68. The quantitative estimate of drug-likeness (QED) is 0.401. The van der Waals surface area contributed by atoms with Crippen molar-refractivity contribution >= 4 is 28.6 Å². The SMILES string of the molecule is N#C[C@H](C[C@@H]1CCCNC1=O)NC(=O)[C@@H]1[C@H]2CC[C@H](CC2(F)F)N1C(=O)c1cc2c(F)cc(F)c(F)c2[nH]1. The van der Waals surface area contributed by atoms with E-state index in [-0.39, 0.29) is 25.2 Å². The van der Waals surface area contributed by atoms with Crippen LogP contribution in [0.3, 0.4) is 0 Å². The third-order valence-electron chi connectivity index (χ3n) is 7.82. The molecule has 3 aliphatic heterocycles. The molecule has 3 N–H and O–H groups in total. The van der Waals surface area contributed by atoms with Gasteiger partial charge in [-0.1, -0.05) is 0 Å². The Morgan fingerprint density at radius 1 is 1.18 bits per heavy atom. The Balaban J connectivity index is 1.44. The number of halogens is 5. The molecule has 8 nitrogen and oxygen atoms in total. The number of amides is 3. The maximum absolute atomic E-state index is 14.9. The van der Waals surface area contributed by atoms with Gasteiger partial charge >= 0.3 is 0 Å². The van der Waals surface area contributed by atoms with E-state index in [9.17, 15) is 41.6 Å².